The number of aliphatic hydroxyl groups excluding tert-OH is 1. The number of rotatable bonds is 3. The van der Waals surface area contributed by atoms with Gasteiger partial charge in [-0.25, -0.2) is 4.98 Å². The van der Waals surface area contributed by atoms with Crippen LogP contribution in [0.3, 0.4) is 0 Å². The van der Waals surface area contributed by atoms with Crippen molar-refractivity contribution in [3.8, 4) is 5.88 Å². The fourth-order valence-corrected chi connectivity index (χ4v) is 1.27. The Balaban J connectivity index is 2.88. The van der Waals surface area contributed by atoms with Gasteiger partial charge in [0.1, 0.15) is 0 Å². The summed E-state index contributed by atoms with van der Waals surface area (Å²) < 4.78 is 5.02. The van der Waals surface area contributed by atoms with E-state index in [1.54, 1.807) is 14.0 Å². The number of ether oxygens (including phenoxy) is 1. The third-order valence-corrected chi connectivity index (χ3v) is 1.73. The SMILES string of the molecule is COc1cc(C[C@@H](C)O)cc(C)n1. The first-order chi connectivity index (χ1) is 6.11. The Bertz CT molecular complexity index is 284. The van der Waals surface area contributed by atoms with E-state index in [0.29, 0.717) is 12.3 Å². The lowest BCUT2D eigenvalue weighted by Gasteiger charge is -2.07. The quantitative estimate of drug-likeness (QED) is 0.764. The van der Waals surface area contributed by atoms with Gasteiger partial charge in [0.25, 0.3) is 0 Å². The lowest BCUT2D eigenvalue weighted by molar-refractivity contribution is 0.195. The standard InChI is InChI=1S/C10H15NO2/c1-7-4-9(5-8(2)12)6-10(11-7)13-3/h4,6,8,12H,5H2,1-3H3/t8-/m1/s1. The molecule has 0 saturated heterocycles. The van der Waals surface area contributed by atoms with Crippen LogP contribution in [0.25, 0.3) is 0 Å². The average molecular weight is 181 g/mol. The molecule has 0 aliphatic heterocycles. The second kappa shape index (κ2) is 4.23. The van der Waals surface area contributed by atoms with E-state index in [1.165, 1.54) is 0 Å². The molecule has 0 aromatic carbocycles. The molecule has 0 radical (unpaired) electrons. The fraction of sp³-hybridized carbons (Fsp3) is 0.500. The van der Waals surface area contributed by atoms with Crippen LogP contribution < -0.4 is 4.74 Å². The van der Waals surface area contributed by atoms with Gasteiger partial charge in [-0.3, -0.25) is 0 Å². The first kappa shape index (κ1) is 9.99. The van der Waals surface area contributed by atoms with E-state index >= 15 is 0 Å². The maximum absolute atomic E-state index is 9.20. The van der Waals surface area contributed by atoms with Crippen LogP contribution in [0.1, 0.15) is 18.2 Å². The molecular weight excluding hydrogens is 166 g/mol. The average Bonchev–Trinajstić information content (AvgIpc) is 2.01. The highest BCUT2D eigenvalue weighted by Crippen LogP contribution is 2.13. The van der Waals surface area contributed by atoms with Gasteiger partial charge in [0.05, 0.1) is 13.2 Å². The smallest absolute Gasteiger partial charge is 0.213 e. The lowest BCUT2D eigenvalue weighted by Crippen LogP contribution is -2.05. The molecule has 72 valence electrons. The van der Waals surface area contributed by atoms with Crippen molar-refractivity contribution in [1.29, 1.82) is 0 Å². The number of aliphatic hydroxyl groups is 1. The van der Waals surface area contributed by atoms with Gasteiger partial charge in [-0.15, -0.1) is 0 Å². The van der Waals surface area contributed by atoms with E-state index in [0.717, 1.165) is 11.3 Å². The van der Waals surface area contributed by atoms with Crippen LogP contribution in [0, 0.1) is 6.92 Å². The van der Waals surface area contributed by atoms with Crippen LogP contribution in [-0.2, 0) is 6.42 Å². The predicted octanol–water partition coefficient (Wildman–Crippen LogP) is 1.32. The number of hydrogen-bond donors (Lipinski definition) is 1. The van der Waals surface area contributed by atoms with E-state index in [2.05, 4.69) is 4.98 Å². The molecule has 0 amide bonds. The summed E-state index contributed by atoms with van der Waals surface area (Å²) in [6.07, 6.45) is 0.311. The Hall–Kier alpha value is -1.09. The van der Waals surface area contributed by atoms with Gasteiger partial charge in [-0.05, 0) is 31.9 Å². The minimum Gasteiger partial charge on any atom is -0.481 e. The molecule has 3 nitrogen and oxygen atoms in total. The molecule has 1 aromatic heterocycles. The van der Waals surface area contributed by atoms with Gasteiger partial charge in [0, 0.05) is 11.8 Å². The minimum absolute atomic E-state index is 0.327. The summed E-state index contributed by atoms with van der Waals surface area (Å²) in [6, 6.07) is 3.80. The number of methoxy groups -OCH3 is 1. The molecule has 0 unspecified atom stereocenters. The Kier molecular flexibility index (Phi) is 3.25. The van der Waals surface area contributed by atoms with Gasteiger partial charge in [-0.1, -0.05) is 0 Å². The Labute approximate surface area is 78.4 Å². The number of aromatic nitrogens is 1. The largest absolute Gasteiger partial charge is 0.481 e. The molecule has 0 fully saturated rings. The molecule has 0 spiro atoms. The Morgan fingerprint density at radius 1 is 1.54 bits per heavy atom. The van der Waals surface area contributed by atoms with Crippen LogP contribution in [-0.4, -0.2) is 23.3 Å². The number of nitrogens with zero attached hydrogens (tertiary/aromatic N) is 1. The molecule has 1 atom stereocenters. The third kappa shape index (κ3) is 3.03. The lowest BCUT2D eigenvalue weighted by atomic mass is 10.1. The Morgan fingerprint density at radius 2 is 2.23 bits per heavy atom. The van der Waals surface area contributed by atoms with Crippen molar-refractivity contribution in [3.63, 3.8) is 0 Å². The van der Waals surface area contributed by atoms with Gasteiger partial charge in [0.2, 0.25) is 5.88 Å². The third-order valence-electron chi connectivity index (χ3n) is 1.73. The summed E-state index contributed by atoms with van der Waals surface area (Å²) in [5.74, 6) is 0.607. The molecule has 3 heteroatoms. The van der Waals surface area contributed by atoms with Crippen molar-refractivity contribution < 1.29 is 9.84 Å². The number of pyridine rings is 1. The molecule has 1 rings (SSSR count). The van der Waals surface area contributed by atoms with E-state index in [1.807, 2.05) is 19.1 Å². The summed E-state index contributed by atoms with van der Waals surface area (Å²) in [6.45, 7) is 3.68. The zero-order valence-corrected chi connectivity index (χ0v) is 8.24. The molecule has 0 aliphatic carbocycles. The van der Waals surface area contributed by atoms with Gasteiger partial charge < -0.3 is 9.84 Å². The van der Waals surface area contributed by atoms with Crippen molar-refractivity contribution in [2.75, 3.05) is 7.11 Å². The molecule has 0 saturated carbocycles. The molecular formula is C10H15NO2. The van der Waals surface area contributed by atoms with Crippen molar-refractivity contribution in [3.05, 3.63) is 23.4 Å². The first-order valence-electron chi connectivity index (χ1n) is 4.31. The number of aryl methyl sites for hydroxylation is 1. The summed E-state index contributed by atoms with van der Waals surface area (Å²) in [5.41, 5.74) is 1.97. The van der Waals surface area contributed by atoms with Crippen LogP contribution >= 0.6 is 0 Å². The van der Waals surface area contributed by atoms with Crippen LogP contribution in [0.15, 0.2) is 12.1 Å². The highest BCUT2D eigenvalue weighted by Gasteiger charge is 2.02. The van der Waals surface area contributed by atoms with Crippen LogP contribution in [0.5, 0.6) is 5.88 Å². The van der Waals surface area contributed by atoms with E-state index in [9.17, 15) is 5.11 Å². The molecule has 1 N–H and O–H groups in total. The van der Waals surface area contributed by atoms with Crippen molar-refractivity contribution in [2.24, 2.45) is 0 Å². The van der Waals surface area contributed by atoms with E-state index in [-0.39, 0.29) is 6.10 Å². The van der Waals surface area contributed by atoms with Gasteiger partial charge in [-0.2, -0.15) is 0 Å². The normalized spacial score (nSPS) is 12.6. The number of hydrogen-bond acceptors (Lipinski definition) is 3. The van der Waals surface area contributed by atoms with Gasteiger partial charge >= 0.3 is 0 Å². The molecule has 1 aromatic rings. The van der Waals surface area contributed by atoms with Crippen LogP contribution in [0.4, 0.5) is 0 Å². The zero-order chi connectivity index (χ0) is 9.84. The monoisotopic (exact) mass is 181 g/mol. The second-order valence-corrected chi connectivity index (χ2v) is 3.21. The van der Waals surface area contributed by atoms with Crippen molar-refractivity contribution in [2.45, 2.75) is 26.4 Å². The predicted molar refractivity (Wildman–Crippen MR) is 50.9 cm³/mol. The van der Waals surface area contributed by atoms with E-state index < -0.39 is 0 Å². The molecule has 13 heavy (non-hydrogen) atoms. The molecule has 0 aliphatic rings. The highest BCUT2D eigenvalue weighted by molar-refractivity contribution is 5.25. The van der Waals surface area contributed by atoms with Crippen LogP contribution in [0.2, 0.25) is 0 Å². The maximum atomic E-state index is 9.20. The summed E-state index contributed by atoms with van der Waals surface area (Å²) in [5, 5.41) is 9.20. The maximum Gasteiger partial charge on any atom is 0.213 e. The highest BCUT2D eigenvalue weighted by atomic mass is 16.5. The molecule has 1 heterocycles. The minimum atomic E-state index is -0.327. The fourth-order valence-electron chi connectivity index (χ4n) is 1.27. The Morgan fingerprint density at radius 3 is 2.77 bits per heavy atom. The summed E-state index contributed by atoms with van der Waals surface area (Å²) in [7, 11) is 1.59. The first-order valence-corrected chi connectivity index (χ1v) is 4.31. The summed E-state index contributed by atoms with van der Waals surface area (Å²) >= 11 is 0. The van der Waals surface area contributed by atoms with Crippen molar-refractivity contribution >= 4 is 0 Å². The van der Waals surface area contributed by atoms with Crippen molar-refractivity contribution in [1.82, 2.24) is 4.98 Å². The molecule has 0 bridgehead atoms. The zero-order valence-electron chi connectivity index (χ0n) is 8.24. The van der Waals surface area contributed by atoms with E-state index in [4.69, 9.17) is 4.74 Å². The van der Waals surface area contributed by atoms with Gasteiger partial charge in [0.15, 0.2) is 0 Å². The topological polar surface area (TPSA) is 42.4 Å². The second-order valence-electron chi connectivity index (χ2n) is 3.21. The summed E-state index contributed by atoms with van der Waals surface area (Å²) in [4.78, 5) is 4.16.